The maximum Gasteiger partial charge on any atom is 0.407 e. The molecule has 0 saturated heterocycles. The van der Waals surface area contributed by atoms with E-state index in [-0.39, 0.29) is 18.1 Å². The third-order valence-electron chi connectivity index (χ3n) is 2.66. The van der Waals surface area contributed by atoms with Crippen LogP contribution in [0.3, 0.4) is 0 Å². The van der Waals surface area contributed by atoms with Gasteiger partial charge in [-0.25, -0.2) is 4.79 Å². The molecular formula is C12H21NO3. The molecule has 1 aliphatic rings. The standard InChI is InChI=1S/C12H21NO3/c1-5-10(14)8-6-9(7-8)13-11(15)16-12(2,3)4/h8-9H,5-7H2,1-4H3,(H,13,15). The van der Waals surface area contributed by atoms with Gasteiger partial charge in [0.1, 0.15) is 11.4 Å². The van der Waals surface area contributed by atoms with Crippen LogP contribution in [0.4, 0.5) is 4.79 Å². The number of hydrogen-bond acceptors (Lipinski definition) is 3. The van der Waals surface area contributed by atoms with E-state index in [0.29, 0.717) is 12.2 Å². The Morgan fingerprint density at radius 1 is 1.31 bits per heavy atom. The molecule has 4 heteroatoms. The molecule has 1 aliphatic carbocycles. The third-order valence-corrected chi connectivity index (χ3v) is 2.66. The maximum absolute atomic E-state index is 11.4. The number of rotatable bonds is 3. The Bertz CT molecular complexity index is 274. The van der Waals surface area contributed by atoms with Crippen molar-refractivity contribution in [2.75, 3.05) is 0 Å². The zero-order valence-electron chi connectivity index (χ0n) is 10.5. The molecule has 0 aromatic carbocycles. The van der Waals surface area contributed by atoms with Gasteiger partial charge in [0.2, 0.25) is 0 Å². The Balaban J connectivity index is 2.22. The van der Waals surface area contributed by atoms with Crippen molar-refractivity contribution in [2.45, 2.75) is 58.6 Å². The Hall–Kier alpha value is -1.06. The van der Waals surface area contributed by atoms with Crippen LogP contribution in [0.2, 0.25) is 0 Å². The van der Waals surface area contributed by atoms with E-state index < -0.39 is 5.60 Å². The number of ketones is 1. The first-order valence-corrected chi connectivity index (χ1v) is 5.84. The van der Waals surface area contributed by atoms with Crippen LogP contribution in [0.1, 0.15) is 47.0 Å². The van der Waals surface area contributed by atoms with Gasteiger partial charge in [0.15, 0.2) is 0 Å². The van der Waals surface area contributed by atoms with Gasteiger partial charge in [-0.2, -0.15) is 0 Å². The summed E-state index contributed by atoms with van der Waals surface area (Å²) in [6.07, 6.45) is 1.71. The zero-order chi connectivity index (χ0) is 12.3. The van der Waals surface area contributed by atoms with E-state index in [9.17, 15) is 9.59 Å². The topological polar surface area (TPSA) is 55.4 Å². The summed E-state index contributed by atoms with van der Waals surface area (Å²) in [7, 11) is 0. The number of Topliss-reactive ketones (excluding diaryl/α,β-unsaturated/α-hetero) is 1. The third kappa shape index (κ3) is 3.83. The monoisotopic (exact) mass is 227 g/mol. The van der Waals surface area contributed by atoms with Crippen molar-refractivity contribution in [1.29, 1.82) is 0 Å². The SMILES string of the molecule is CCC(=O)C1CC(NC(=O)OC(C)(C)C)C1. The number of ether oxygens (including phenoxy) is 1. The molecule has 0 radical (unpaired) electrons. The molecular weight excluding hydrogens is 206 g/mol. The Morgan fingerprint density at radius 2 is 1.88 bits per heavy atom. The molecule has 0 bridgehead atoms. The largest absolute Gasteiger partial charge is 0.444 e. The van der Waals surface area contributed by atoms with Gasteiger partial charge in [-0.15, -0.1) is 0 Å². The van der Waals surface area contributed by atoms with Crippen molar-refractivity contribution < 1.29 is 14.3 Å². The van der Waals surface area contributed by atoms with Crippen LogP contribution in [0.15, 0.2) is 0 Å². The van der Waals surface area contributed by atoms with Crippen LogP contribution < -0.4 is 5.32 Å². The van der Waals surface area contributed by atoms with Crippen molar-refractivity contribution in [3.05, 3.63) is 0 Å². The highest BCUT2D eigenvalue weighted by Gasteiger charge is 2.34. The lowest BCUT2D eigenvalue weighted by Crippen LogP contribution is -2.48. The van der Waals surface area contributed by atoms with Gasteiger partial charge in [-0.05, 0) is 33.6 Å². The van der Waals surface area contributed by atoms with Gasteiger partial charge in [0.05, 0.1) is 0 Å². The van der Waals surface area contributed by atoms with Gasteiger partial charge in [0.25, 0.3) is 0 Å². The number of amides is 1. The fourth-order valence-electron chi connectivity index (χ4n) is 1.76. The average molecular weight is 227 g/mol. The lowest BCUT2D eigenvalue weighted by molar-refractivity contribution is -0.125. The molecule has 0 atom stereocenters. The van der Waals surface area contributed by atoms with Crippen molar-refractivity contribution in [3.63, 3.8) is 0 Å². The number of nitrogens with one attached hydrogen (secondary N) is 1. The number of carbonyl (C=O) groups excluding carboxylic acids is 2. The molecule has 1 rings (SSSR count). The molecule has 1 fully saturated rings. The Labute approximate surface area is 96.7 Å². The molecule has 0 heterocycles. The minimum Gasteiger partial charge on any atom is -0.444 e. The lowest BCUT2D eigenvalue weighted by atomic mass is 9.77. The summed E-state index contributed by atoms with van der Waals surface area (Å²) >= 11 is 0. The fraction of sp³-hybridized carbons (Fsp3) is 0.833. The number of alkyl carbamates (subject to hydrolysis) is 1. The minimum atomic E-state index is -0.466. The van der Waals surface area contributed by atoms with Crippen molar-refractivity contribution in [1.82, 2.24) is 5.32 Å². The van der Waals surface area contributed by atoms with Gasteiger partial charge in [-0.3, -0.25) is 4.79 Å². The Kier molecular flexibility index (Phi) is 3.94. The van der Waals surface area contributed by atoms with Crippen molar-refractivity contribution in [2.24, 2.45) is 5.92 Å². The van der Waals surface area contributed by atoms with Crippen LogP contribution in [0.25, 0.3) is 0 Å². The molecule has 16 heavy (non-hydrogen) atoms. The molecule has 92 valence electrons. The normalized spacial score (nSPS) is 24.5. The summed E-state index contributed by atoms with van der Waals surface area (Å²) in [4.78, 5) is 22.7. The summed E-state index contributed by atoms with van der Waals surface area (Å²) in [5.41, 5.74) is -0.466. The highest BCUT2D eigenvalue weighted by atomic mass is 16.6. The predicted octanol–water partition coefficient (Wildman–Crippen LogP) is 2.27. The molecule has 1 saturated carbocycles. The average Bonchev–Trinajstić information content (AvgIpc) is 2.06. The molecule has 0 spiro atoms. The molecule has 0 aromatic heterocycles. The minimum absolute atomic E-state index is 0.107. The molecule has 0 aliphatic heterocycles. The second-order valence-corrected chi connectivity index (χ2v) is 5.33. The quantitative estimate of drug-likeness (QED) is 0.804. The van der Waals surface area contributed by atoms with Gasteiger partial charge in [0, 0.05) is 18.4 Å². The van der Waals surface area contributed by atoms with Gasteiger partial charge < -0.3 is 10.1 Å². The van der Waals surface area contributed by atoms with E-state index >= 15 is 0 Å². The van der Waals surface area contributed by atoms with E-state index in [2.05, 4.69) is 5.32 Å². The highest BCUT2D eigenvalue weighted by molar-refractivity contribution is 5.82. The summed E-state index contributed by atoms with van der Waals surface area (Å²) in [6.45, 7) is 7.36. The first-order chi connectivity index (χ1) is 7.31. The number of carbonyl (C=O) groups is 2. The highest BCUT2D eigenvalue weighted by Crippen LogP contribution is 2.29. The second kappa shape index (κ2) is 4.85. The zero-order valence-corrected chi connectivity index (χ0v) is 10.5. The van der Waals surface area contributed by atoms with Crippen LogP contribution in [0, 0.1) is 5.92 Å². The summed E-state index contributed by atoms with van der Waals surface area (Å²) in [5, 5.41) is 2.77. The first kappa shape index (κ1) is 13.0. The summed E-state index contributed by atoms with van der Waals surface area (Å²) in [6, 6.07) is 0.107. The molecule has 1 N–H and O–H groups in total. The van der Waals surface area contributed by atoms with Crippen molar-refractivity contribution >= 4 is 11.9 Å². The second-order valence-electron chi connectivity index (χ2n) is 5.33. The predicted molar refractivity (Wildman–Crippen MR) is 61.2 cm³/mol. The van der Waals surface area contributed by atoms with E-state index in [4.69, 9.17) is 4.74 Å². The van der Waals surface area contributed by atoms with Gasteiger partial charge in [-0.1, -0.05) is 6.92 Å². The van der Waals surface area contributed by atoms with Crippen LogP contribution >= 0.6 is 0 Å². The summed E-state index contributed by atoms with van der Waals surface area (Å²) < 4.78 is 5.13. The molecule has 4 nitrogen and oxygen atoms in total. The molecule has 1 amide bonds. The van der Waals surface area contributed by atoms with Gasteiger partial charge >= 0.3 is 6.09 Å². The van der Waals surface area contributed by atoms with Crippen LogP contribution in [0.5, 0.6) is 0 Å². The molecule has 0 unspecified atom stereocenters. The fourth-order valence-corrected chi connectivity index (χ4v) is 1.76. The van der Waals surface area contributed by atoms with E-state index in [0.717, 1.165) is 12.8 Å². The summed E-state index contributed by atoms with van der Waals surface area (Å²) in [5.74, 6) is 0.437. The van der Waals surface area contributed by atoms with E-state index in [1.165, 1.54) is 0 Å². The first-order valence-electron chi connectivity index (χ1n) is 5.84. The number of hydrogen-bond donors (Lipinski definition) is 1. The lowest BCUT2D eigenvalue weighted by Gasteiger charge is -2.35. The smallest absolute Gasteiger partial charge is 0.407 e. The molecule has 0 aromatic rings. The van der Waals surface area contributed by atoms with E-state index in [1.54, 1.807) is 0 Å². The van der Waals surface area contributed by atoms with Crippen molar-refractivity contribution in [3.8, 4) is 0 Å². The van der Waals surface area contributed by atoms with E-state index in [1.807, 2.05) is 27.7 Å². The maximum atomic E-state index is 11.4. The Morgan fingerprint density at radius 3 is 2.31 bits per heavy atom. The van der Waals surface area contributed by atoms with Crippen LogP contribution in [-0.4, -0.2) is 23.5 Å². The van der Waals surface area contributed by atoms with Crippen LogP contribution in [-0.2, 0) is 9.53 Å².